The lowest BCUT2D eigenvalue weighted by Gasteiger charge is -2.11. The van der Waals surface area contributed by atoms with E-state index < -0.39 is 17.6 Å². The summed E-state index contributed by atoms with van der Waals surface area (Å²) in [5, 5.41) is 11.0. The lowest BCUT2D eigenvalue weighted by atomic mass is 10.1. The van der Waals surface area contributed by atoms with Gasteiger partial charge in [-0.3, -0.25) is 9.78 Å². The second kappa shape index (κ2) is 8.62. The molecule has 4 rings (SSSR count). The molecule has 0 saturated heterocycles. The van der Waals surface area contributed by atoms with Crippen molar-refractivity contribution in [2.75, 3.05) is 0 Å². The van der Waals surface area contributed by atoms with Crippen LogP contribution in [-0.4, -0.2) is 25.9 Å². The van der Waals surface area contributed by atoms with Gasteiger partial charge < -0.3 is 5.32 Å². The van der Waals surface area contributed by atoms with E-state index in [9.17, 15) is 18.0 Å². The molecule has 0 aliphatic heterocycles. The third-order valence-electron chi connectivity index (χ3n) is 4.92. The molecule has 6 nitrogen and oxygen atoms in total. The fourth-order valence-electron chi connectivity index (χ4n) is 3.25. The number of aromatic nitrogens is 4. The van der Waals surface area contributed by atoms with Crippen molar-refractivity contribution in [3.8, 4) is 16.9 Å². The van der Waals surface area contributed by atoms with Crippen molar-refractivity contribution >= 4 is 5.91 Å². The zero-order chi connectivity index (χ0) is 22.7. The summed E-state index contributed by atoms with van der Waals surface area (Å²) in [6.45, 7) is 1.97. The molecular formula is C23H18F3N5O. The van der Waals surface area contributed by atoms with E-state index in [2.05, 4.69) is 20.6 Å². The van der Waals surface area contributed by atoms with Crippen LogP contribution in [-0.2, 0) is 12.7 Å². The molecule has 162 valence electrons. The van der Waals surface area contributed by atoms with Crippen molar-refractivity contribution < 1.29 is 18.0 Å². The van der Waals surface area contributed by atoms with Crippen molar-refractivity contribution in [3.63, 3.8) is 0 Å². The fraction of sp³-hybridized carbons (Fsp3) is 0.130. The van der Waals surface area contributed by atoms with E-state index in [4.69, 9.17) is 0 Å². The van der Waals surface area contributed by atoms with E-state index in [1.165, 1.54) is 12.1 Å². The Morgan fingerprint density at radius 1 is 1.00 bits per heavy atom. The first-order valence-electron chi connectivity index (χ1n) is 9.71. The molecule has 0 spiro atoms. The number of benzene rings is 2. The van der Waals surface area contributed by atoms with Crippen molar-refractivity contribution in [2.45, 2.75) is 19.6 Å². The maximum Gasteiger partial charge on any atom is 0.416 e. The molecule has 0 aliphatic carbocycles. The van der Waals surface area contributed by atoms with E-state index in [0.29, 0.717) is 16.8 Å². The number of halogens is 3. The SMILES string of the molecule is Cc1ccccc1-n1nnc(C(=O)NCc2ccc(C(F)(F)F)cc2)c1-c1ccncc1. The van der Waals surface area contributed by atoms with Gasteiger partial charge in [0.1, 0.15) is 5.69 Å². The number of aryl methyl sites for hydroxylation is 1. The summed E-state index contributed by atoms with van der Waals surface area (Å²) in [4.78, 5) is 17.0. The zero-order valence-corrected chi connectivity index (χ0v) is 17.0. The summed E-state index contributed by atoms with van der Waals surface area (Å²) in [6, 6.07) is 15.7. The van der Waals surface area contributed by atoms with Crippen LogP contribution >= 0.6 is 0 Å². The number of alkyl halides is 3. The minimum Gasteiger partial charge on any atom is -0.346 e. The number of rotatable bonds is 5. The molecule has 0 fully saturated rings. The highest BCUT2D eigenvalue weighted by Gasteiger charge is 2.30. The van der Waals surface area contributed by atoms with E-state index in [-0.39, 0.29) is 12.2 Å². The Morgan fingerprint density at radius 3 is 2.34 bits per heavy atom. The predicted octanol–water partition coefficient (Wildman–Crippen LogP) is 4.59. The molecule has 0 unspecified atom stereocenters. The molecule has 32 heavy (non-hydrogen) atoms. The van der Waals surface area contributed by atoms with Gasteiger partial charge in [-0.2, -0.15) is 13.2 Å². The number of hydrogen-bond acceptors (Lipinski definition) is 4. The van der Waals surface area contributed by atoms with Crippen LogP contribution in [0, 0.1) is 6.92 Å². The normalized spacial score (nSPS) is 11.4. The lowest BCUT2D eigenvalue weighted by molar-refractivity contribution is -0.137. The molecule has 0 saturated carbocycles. The monoisotopic (exact) mass is 437 g/mol. The van der Waals surface area contributed by atoms with Crippen LogP contribution in [0.1, 0.15) is 27.2 Å². The Labute approximate surface area is 181 Å². The minimum atomic E-state index is -4.41. The van der Waals surface area contributed by atoms with Crippen molar-refractivity contribution in [3.05, 3.63) is 95.4 Å². The number of pyridine rings is 1. The molecule has 0 radical (unpaired) electrons. The lowest BCUT2D eigenvalue weighted by Crippen LogP contribution is -2.24. The van der Waals surface area contributed by atoms with E-state index in [0.717, 1.165) is 23.4 Å². The Balaban J connectivity index is 1.63. The van der Waals surface area contributed by atoms with Gasteiger partial charge >= 0.3 is 6.18 Å². The van der Waals surface area contributed by atoms with Crippen LogP contribution in [0.2, 0.25) is 0 Å². The fourth-order valence-corrected chi connectivity index (χ4v) is 3.25. The predicted molar refractivity (Wildman–Crippen MR) is 112 cm³/mol. The van der Waals surface area contributed by atoms with Gasteiger partial charge in [-0.15, -0.1) is 5.10 Å². The Hall–Kier alpha value is -4.01. The summed E-state index contributed by atoms with van der Waals surface area (Å²) in [6.07, 6.45) is -1.20. The summed E-state index contributed by atoms with van der Waals surface area (Å²) in [5.41, 5.74) is 2.81. The molecule has 2 aromatic carbocycles. The third-order valence-corrected chi connectivity index (χ3v) is 4.92. The number of carbonyl (C=O) groups excluding carboxylic acids is 1. The summed E-state index contributed by atoms with van der Waals surface area (Å²) in [7, 11) is 0. The maximum atomic E-state index is 12.9. The number of hydrogen-bond donors (Lipinski definition) is 1. The Morgan fingerprint density at radius 2 is 1.69 bits per heavy atom. The van der Waals surface area contributed by atoms with Gasteiger partial charge in [-0.25, -0.2) is 4.68 Å². The Bertz CT molecular complexity index is 1230. The number of carbonyl (C=O) groups is 1. The minimum absolute atomic E-state index is 0.0456. The highest BCUT2D eigenvalue weighted by molar-refractivity contribution is 5.98. The quantitative estimate of drug-likeness (QED) is 0.496. The van der Waals surface area contributed by atoms with Crippen LogP contribution in [0.5, 0.6) is 0 Å². The summed E-state index contributed by atoms with van der Waals surface area (Å²) in [5.74, 6) is -0.489. The Kier molecular flexibility index (Phi) is 5.72. The van der Waals surface area contributed by atoms with Crippen LogP contribution in [0.4, 0.5) is 13.2 Å². The number of amides is 1. The molecule has 1 N–H and O–H groups in total. The van der Waals surface area contributed by atoms with Gasteiger partial charge in [0, 0.05) is 24.5 Å². The molecule has 1 amide bonds. The van der Waals surface area contributed by atoms with Gasteiger partial charge in [0.2, 0.25) is 0 Å². The van der Waals surface area contributed by atoms with Crippen LogP contribution in [0.15, 0.2) is 73.1 Å². The largest absolute Gasteiger partial charge is 0.416 e. The molecule has 2 aromatic heterocycles. The molecule has 0 atom stereocenters. The summed E-state index contributed by atoms with van der Waals surface area (Å²) < 4.78 is 39.8. The van der Waals surface area contributed by atoms with Gasteiger partial charge in [0.05, 0.1) is 11.3 Å². The van der Waals surface area contributed by atoms with Gasteiger partial charge in [-0.05, 0) is 48.4 Å². The zero-order valence-electron chi connectivity index (χ0n) is 17.0. The number of nitrogens with zero attached hydrogens (tertiary/aromatic N) is 4. The highest BCUT2D eigenvalue weighted by atomic mass is 19.4. The first-order chi connectivity index (χ1) is 15.3. The van der Waals surface area contributed by atoms with E-state index in [1.807, 2.05) is 31.2 Å². The van der Waals surface area contributed by atoms with Crippen LogP contribution in [0.3, 0.4) is 0 Å². The van der Waals surface area contributed by atoms with Crippen molar-refractivity contribution in [2.24, 2.45) is 0 Å². The third kappa shape index (κ3) is 4.36. The first-order valence-corrected chi connectivity index (χ1v) is 9.71. The molecular weight excluding hydrogens is 419 g/mol. The second-order valence-electron chi connectivity index (χ2n) is 7.10. The molecule has 4 aromatic rings. The number of para-hydroxylation sites is 1. The molecule has 2 heterocycles. The summed E-state index contributed by atoms with van der Waals surface area (Å²) >= 11 is 0. The highest BCUT2D eigenvalue weighted by Crippen LogP contribution is 2.29. The molecule has 0 bridgehead atoms. The van der Waals surface area contributed by atoms with Gasteiger partial charge in [-0.1, -0.05) is 35.5 Å². The van der Waals surface area contributed by atoms with E-state index >= 15 is 0 Å². The molecule has 0 aliphatic rings. The van der Waals surface area contributed by atoms with Crippen LogP contribution < -0.4 is 5.32 Å². The average Bonchev–Trinajstić information content (AvgIpc) is 3.23. The molecule has 9 heteroatoms. The van der Waals surface area contributed by atoms with E-state index in [1.54, 1.807) is 29.2 Å². The van der Waals surface area contributed by atoms with Crippen LogP contribution in [0.25, 0.3) is 16.9 Å². The van der Waals surface area contributed by atoms with Crippen molar-refractivity contribution in [1.82, 2.24) is 25.3 Å². The van der Waals surface area contributed by atoms with Crippen molar-refractivity contribution in [1.29, 1.82) is 0 Å². The average molecular weight is 437 g/mol. The maximum absolute atomic E-state index is 12.9. The second-order valence-corrected chi connectivity index (χ2v) is 7.10. The van der Waals surface area contributed by atoms with Gasteiger partial charge in [0.15, 0.2) is 5.69 Å². The van der Waals surface area contributed by atoms with Gasteiger partial charge in [0.25, 0.3) is 5.91 Å². The smallest absolute Gasteiger partial charge is 0.346 e. The topological polar surface area (TPSA) is 72.7 Å². The standard InChI is InChI=1S/C23H18F3N5O/c1-15-4-2-3-5-19(15)31-21(17-10-12-27-13-11-17)20(29-30-31)22(32)28-14-16-6-8-18(9-7-16)23(24,25)26/h2-13H,14H2,1H3,(H,28,32). The first kappa shape index (κ1) is 21.2. The number of nitrogens with one attached hydrogen (secondary N) is 1.